The van der Waals surface area contributed by atoms with Gasteiger partial charge in [0.05, 0.1) is 12.7 Å². The molecule has 2 atom stereocenters. The lowest BCUT2D eigenvalue weighted by Crippen LogP contribution is -2.30. The lowest BCUT2D eigenvalue weighted by atomic mass is 10.0. The van der Waals surface area contributed by atoms with Crippen LogP contribution in [0.2, 0.25) is 0 Å². The van der Waals surface area contributed by atoms with Gasteiger partial charge >= 0.3 is 0 Å². The Balaban J connectivity index is 2.50. The molecule has 1 aromatic rings. The molecule has 1 aromatic carbocycles. The number of hydrogen-bond acceptors (Lipinski definition) is 3. The van der Waals surface area contributed by atoms with Gasteiger partial charge < -0.3 is 15.3 Å². The van der Waals surface area contributed by atoms with E-state index in [0.717, 1.165) is 5.56 Å². The van der Waals surface area contributed by atoms with E-state index < -0.39 is 18.8 Å². The largest absolute Gasteiger partial charge is 0.394 e. The van der Waals surface area contributed by atoms with Crippen LogP contribution in [0.1, 0.15) is 5.56 Å². The molecule has 0 amide bonds. The van der Waals surface area contributed by atoms with Gasteiger partial charge in [-0.2, -0.15) is 0 Å². The molecular weight excluding hydrogens is 168 g/mol. The second kappa shape index (κ2) is 4.97. The van der Waals surface area contributed by atoms with Crippen molar-refractivity contribution >= 4 is 0 Å². The van der Waals surface area contributed by atoms with Gasteiger partial charge in [-0.1, -0.05) is 30.3 Å². The third-order valence-electron chi connectivity index (χ3n) is 1.92. The molecule has 0 saturated carbocycles. The van der Waals surface area contributed by atoms with Crippen molar-refractivity contribution < 1.29 is 15.3 Å². The van der Waals surface area contributed by atoms with Gasteiger partial charge in [0.1, 0.15) is 6.10 Å². The van der Waals surface area contributed by atoms with Crippen molar-refractivity contribution in [3.05, 3.63) is 35.9 Å². The zero-order valence-corrected chi connectivity index (χ0v) is 7.30. The zero-order chi connectivity index (χ0) is 9.68. The van der Waals surface area contributed by atoms with Gasteiger partial charge in [0, 0.05) is 6.42 Å². The third-order valence-corrected chi connectivity index (χ3v) is 1.92. The molecule has 0 radical (unpaired) electrons. The molecule has 0 bridgehead atoms. The molecule has 0 aliphatic rings. The number of aliphatic hydroxyl groups excluding tert-OH is 3. The van der Waals surface area contributed by atoms with E-state index in [1.54, 1.807) is 0 Å². The van der Waals surface area contributed by atoms with Crippen LogP contribution in [0.4, 0.5) is 0 Å². The summed E-state index contributed by atoms with van der Waals surface area (Å²) in [6, 6.07) is 9.36. The number of rotatable bonds is 4. The van der Waals surface area contributed by atoms with E-state index in [1.165, 1.54) is 0 Å². The Morgan fingerprint density at radius 3 is 2.15 bits per heavy atom. The summed E-state index contributed by atoms with van der Waals surface area (Å²) in [5.41, 5.74) is 0.947. The summed E-state index contributed by atoms with van der Waals surface area (Å²) in [5.74, 6) is 0. The van der Waals surface area contributed by atoms with Crippen LogP contribution in [-0.2, 0) is 6.42 Å². The third kappa shape index (κ3) is 3.14. The first kappa shape index (κ1) is 10.2. The maximum absolute atomic E-state index is 9.36. The van der Waals surface area contributed by atoms with Crippen LogP contribution < -0.4 is 0 Å². The first-order valence-corrected chi connectivity index (χ1v) is 4.25. The summed E-state index contributed by atoms with van der Waals surface area (Å²) in [5, 5.41) is 27.0. The standard InChI is InChI=1S/C10H14O3/c11-7-10(13)9(12)6-8-4-2-1-3-5-8/h1-5,9-13H,6-7H2/t9-,10-/m1/s1. The highest BCUT2D eigenvalue weighted by Crippen LogP contribution is 2.05. The highest BCUT2D eigenvalue weighted by atomic mass is 16.4. The van der Waals surface area contributed by atoms with E-state index in [0.29, 0.717) is 6.42 Å². The number of hydrogen-bond donors (Lipinski definition) is 3. The minimum absolute atomic E-state index is 0.364. The Morgan fingerprint density at radius 1 is 1.00 bits per heavy atom. The molecule has 3 N–H and O–H groups in total. The zero-order valence-electron chi connectivity index (χ0n) is 7.30. The summed E-state index contributed by atoms with van der Waals surface area (Å²) < 4.78 is 0. The van der Waals surface area contributed by atoms with Gasteiger partial charge in [0.15, 0.2) is 0 Å². The van der Waals surface area contributed by atoms with E-state index in [4.69, 9.17) is 10.2 Å². The molecule has 3 heteroatoms. The summed E-state index contributed by atoms with van der Waals surface area (Å²) >= 11 is 0. The van der Waals surface area contributed by atoms with Crippen molar-refractivity contribution in [2.24, 2.45) is 0 Å². The molecule has 0 aliphatic carbocycles. The smallest absolute Gasteiger partial charge is 0.103 e. The summed E-state index contributed by atoms with van der Waals surface area (Å²) in [6.45, 7) is -0.409. The number of benzene rings is 1. The van der Waals surface area contributed by atoms with Crippen molar-refractivity contribution in [3.8, 4) is 0 Å². The molecule has 13 heavy (non-hydrogen) atoms. The van der Waals surface area contributed by atoms with Gasteiger partial charge in [-0.25, -0.2) is 0 Å². The minimum Gasteiger partial charge on any atom is -0.394 e. The Hall–Kier alpha value is -0.900. The van der Waals surface area contributed by atoms with Crippen LogP contribution >= 0.6 is 0 Å². The first-order chi connectivity index (χ1) is 6.24. The molecular formula is C10H14O3. The van der Waals surface area contributed by atoms with Crippen molar-refractivity contribution in [1.82, 2.24) is 0 Å². The van der Waals surface area contributed by atoms with Gasteiger partial charge in [-0.05, 0) is 5.56 Å². The second-order valence-electron chi connectivity index (χ2n) is 3.01. The van der Waals surface area contributed by atoms with Crippen LogP contribution in [-0.4, -0.2) is 34.1 Å². The van der Waals surface area contributed by atoms with Gasteiger partial charge in [0.25, 0.3) is 0 Å². The predicted octanol–water partition coefficient (Wildman–Crippen LogP) is -0.0568. The van der Waals surface area contributed by atoms with Crippen molar-refractivity contribution in [2.75, 3.05) is 6.61 Å². The lowest BCUT2D eigenvalue weighted by molar-refractivity contribution is -0.0132. The number of aliphatic hydroxyl groups is 3. The summed E-state index contributed by atoms with van der Waals surface area (Å²) in [7, 11) is 0. The normalized spacial score (nSPS) is 15.3. The minimum atomic E-state index is -1.06. The van der Waals surface area contributed by atoms with Gasteiger partial charge in [0.2, 0.25) is 0 Å². The fourth-order valence-corrected chi connectivity index (χ4v) is 1.11. The molecule has 0 saturated heterocycles. The average Bonchev–Trinajstić information content (AvgIpc) is 2.18. The highest BCUT2D eigenvalue weighted by Gasteiger charge is 2.14. The van der Waals surface area contributed by atoms with Crippen LogP contribution in [0.25, 0.3) is 0 Å². The fourth-order valence-electron chi connectivity index (χ4n) is 1.11. The highest BCUT2D eigenvalue weighted by molar-refractivity contribution is 5.15. The fraction of sp³-hybridized carbons (Fsp3) is 0.400. The van der Waals surface area contributed by atoms with Crippen LogP contribution in [0.5, 0.6) is 0 Å². The second-order valence-corrected chi connectivity index (χ2v) is 3.01. The van der Waals surface area contributed by atoms with Crippen molar-refractivity contribution in [2.45, 2.75) is 18.6 Å². The molecule has 0 aromatic heterocycles. The van der Waals surface area contributed by atoms with E-state index in [-0.39, 0.29) is 0 Å². The van der Waals surface area contributed by atoms with E-state index in [2.05, 4.69) is 0 Å². The Kier molecular flexibility index (Phi) is 3.89. The molecule has 0 heterocycles. The molecule has 0 aliphatic heterocycles. The van der Waals surface area contributed by atoms with Gasteiger partial charge in [-0.3, -0.25) is 0 Å². The van der Waals surface area contributed by atoms with Crippen LogP contribution in [0.15, 0.2) is 30.3 Å². The Morgan fingerprint density at radius 2 is 1.62 bits per heavy atom. The van der Waals surface area contributed by atoms with Crippen LogP contribution in [0, 0.1) is 0 Å². The van der Waals surface area contributed by atoms with Crippen molar-refractivity contribution in [1.29, 1.82) is 0 Å². The van der Waals surface area contributed by atoms with Gasteiger partial charge in [-0.15, -0.1) is 0 Å². The Labute approximate surface area is 77.3 Å². The van der Waals surface area contributed by atoms with E-state index >= 15 is 0 Å². The predicted molar refractivity (Wildman–Crippen MR) is 49.2 cm³/mol. The maximum Gasteiger partial charge on any atom is 0.103 e. The Bertz CT molecular complexity index is 235. The molecule has 72 valence electrons. The quantitative estimate of drug-likeness (QED) is 0.611. The molecule has 3 nitrogen and oxygen atoms in total. The van der Waals surface area contributed by atoms with Crippen molar-refractivity contribution in [3.63, 3.8) is 0 Å². The lowest BCUT2D eigenvalue weighted by Gasteiger charge is -2.15. The van der Waals surface area contributed by atoms with E-state index in [1.807, 2.05) is 30.3 Å². The first-order valence-electron chi connectivity index (χ1n) is 4.25. The molecule has 0 spiro atoms. The molecule has 1 rings (SSSR count). The molecule has 0 fully saturated rings. The molecule has 0 unspecified atom stereocenters. The van der Waals surface area contributed by atoms with E-state index in [9.17, 15) is 5.11 Å². The monoisotopic (exact) mass is 182 g/mol. The average molecular weight is 182 g/mol. The maximum atomic E-state index is 9.36. The SMILES string of the molecule is OC[C@@H](O)[C@H](O)Cc1ccccc1. The van der Waals surface area contributed by atoms with Crippen LogP contribution in [0.3, 0.4) is 0 Å². The topological polar surface area (TPSA) is 60.7 Å². The summed E-state index contributed by atoms with van der Waals surface area (Å²) in [4.78, 5) is 0. The summed E-state index contributed by atoms with van der Waals surface area (Å²) in [6.07, 6.45) is -1.59.